The molecule has 0 aliphatic heterocycles. The molecule has 0 fully saturated rings. The third-order valence-electron chi connectivity index (χ3n) is 3.96. The van der Waals surface area contributed by atoms with Gasteiger partial charge in [-0.05, 0) is 12.8 Å². The van der Waals surface area contributed by atoms with Gasteiger partial charge in [0.2, 0.25) is 0 Å². The van der Waals surface area contributed by atoms with Crippen molar-refractivity contribution in [2.45, 2.75) is 32.2 Å². The van der Waals surface area contributed by atoms with E-state index < -0.39 is 14.9 Å². The highest BCUT2D eigenvalue weighted by Gasteiger charge is 2.36. The lowest BCUT2D eigenvalue weighted by molar-refractivity contribution is 0.122. The number of hydrogen-bond acceptors (Lipinski definition) is 9. The van der Waals surface area contributed by atoms with E-state index in [2.05, 4.69) is 17.6 Å². The third kappa shape index (κ3) is 16.1. The Hall–Kier alpha value is -0.663. The van der Waals surface area contributed by atoms with Crippen LogP contribution in [-0.2, 0) is 22.8 Å². The summed E-state index contributed by atoms with van der Waals surface area (Å²) >= 11 is 3.46. The Balaban J connectivity index is 3.44. The van der Waals surface area contributed by atoms with Crippen LogP contribution in [0.15, 0.2) is 0 Å². The summed E-state index contributed by atoms with van der Waals surface area (Å²) in [7, 11) is 2.12. The van der Waals surface area contributed by atoms with Gasteiger partial charge < -0.3 is 33.4 Å². The van der Waals surface area contributed by atoms with Gasteiger partial charge in [-0.1, -0.05) is 13.3 Å². The fourth-order valence-corrected chi connectivity index (χ4v) is 5.70. The Morgan fingerprint density at radius 2 is 1.23 bits per heavy atom. The lowest BCUT2D eigenvalue weighted by atomic mass is 10.3. The van der Waals surface area contributed by atoms with Crippen molar-refractivity contribution in [2.75, 3.05) is 70.6 Å². The van der Waals surface area contributed by atoms with Crippen molar-refractivity contribution >= 4 is 44.5 Å². The number of amides is 2. The number of nitrogens with one attached hydrogen (secondary N) is 2. The Bertz CT molecular complexity index is 438. The number of ether oxygens (including phenoxy) is 2. The first-order valence-electron chi connectivity index (χ1n) is 10.2. The zero-order valence-corrected chi connectivity index (χ0v) is 21.3. The number of alkyl carbamates (subject to hydrolysis) is 2. The van der Waals surface area contributed by atoms with E-state index in [0.29, 0.717) is 38.8 Å². The second-order valence-electron chi connectivity index (χ2n) is 6.10. The van der Waals surface area contributed by atoms with E-state index in [1.54, 1.807) is 44.9 Å². The number of unbranched alkanes of at least 4 members (excludes halogenated alkanes) is 1. The maximum absolute atomic E-state index is 11.6. The van der Waals surface area contributed by atoms with Crippen LogP contribution in [0, 0.1) is 0 Å². The van der Waals surface area contributed by atoms with Crippen LogP contribution in [0.1, 0.15) is 26.2 Å². The molecule has 0 radical (unpaired) electrons. The maximum Gasteiger partial charge on any atom is 0.500 e. The molecule has 0 heterocycles. The Morgan fingerprint density at radius 1 is 0.767 bits per heavy atom. The highest BCUT2D eigenvalue weighted by molar-refractivity contribution is 8.02. The number of carbonyl (C=O) groups is 2. The summed E-state index contributed by atoms with van der Waals surface area (Å²) in [6.07, 6.45) is 1.94. The summed E-state index contributed by atoms with van der Waals surface area (Å²) < 4.78 is 26.2. The quantitative estimate of drug-likeness (QED) is 0.211. The maximum atomic E-state index is 11.6. The minimum absolute atomic E-state index is 0.341. The van der Waals surface area contributed by atoms with E-state index in [-0.39, 0.29) is 6.09 Å². The molecule has 0 aliphatic rings. The van der Waals surface area contributed by atoms with Gasteiger partial charge in [0.15, 0.2) is 0 Å². The zero-order chi connectivity index (χ0) is 22.5. The average molecular weight is 487 g/mol. The van der Waals surface area contributed by atoms with Crippen molar-refractivity contribution in [2.24, 2.45) is 0 Å². The molecule has 0 aromatic carbocycles. The van der Waals surface area contributed by atoms with Gasteiger partial charge in [-0.25, -0.2) is 9.59 Å². The number of rotatable bonds is 19. The standard InChI is InChI=1S/C18H38N2O7S2Si/c1-5-6-8-19-17(21)26-10-12-28-14-15-29-13-11-27-18(22)20-9-7-16-30(23-2,24-3)25-4/h5-16H2,1-4H3,(H,19,21)(H,20,22). The first-order valence-corrected chi connectivity index (χ1v) is 14.4. The zero-order valence-electron chi connectivity index (χ0n) is 18.7. The van der Waals surface area contributed by atoms with E-state index >= 15 is 0 Å². The van der Waals surface area contributed by atoms with Gasteiger partial charge in [0.25, 0.3) is 0 Å². The molecule has 9 nitrogen and oxygen atoms in total. The predicted octanol–water partition coefficient (Wildman–Crippen LogP) is 2.97. The summed E-state index contributed by atoms with van der Waals surface area (Å²) in [6.45, 7) is 4.00. The first-order chi connectivity index (χ1) is 14.5. The van der Waals surface area contributed by atoms with Crippen LogP contribution in [0.5, 0.6) is 0 Å². The van der Waals surface area contributed by atoms with E-state index in [1.165, 1.54) is 0 Å². The fourth-order valence-electron chi connectivity index (χ4n) is 2.23. The van der Waals surface area contributed by atoms with Crippen molar-refractivity contribution in [3.05, 3.63) is 0 Å². The van der Waals surface area contributed by atoms with Crippen LogP contribution in [-0.4, -0.2) is 91.6 Å². The molecule has 0 spiro atoms. The fraction of sp³-hybridized carbons (Fsp3) is 0.889. The molecule has 0 unspecified atom stereocenters. The van der Waals surface area contributed by atoms with Crippen LogP contribution < -0.4 is 10.6 Å². The summed E-state index contributed by atoms with van der Waals surface area (Å²) in [5.74, 6) is 3.44. The average Bonchev–Trinajstić information content (AvgIpc) is 2.76. The summed E-state index contributed by atoms with van der Waals surface area (Å²) in [5.41, 5.74) is 0. The Morgan fingerprint density at radius 3 is 1.67 bits per heavy atom. The largest absolute Gasteiger partial charge is 0.500 e. The lowest BCUT2D eigenvalue weighted by Gasteiger charge is -2.24. The molecule has 0 saturated heterocycles. The molecule has 0 atom stereocenters. The lowest BCUT2D eigenvalue weighted by Crippen LogP contribution is -2.43. The molecule has 0 saturated carbocycles. The van der Waals surface area contributed by atoms with E-state index in [0.717, 1.165) is 35.9 Å². The van der Waals surface area contributed by atoms with Crippen LogP contribution in [0.25, 0.3) is 0 Å². The van der Waals surface area contributed by atoms with Crippen LogP contribution in [0.3, 0.4) is 0 Å². The second kappa shape index (κ2) is 20.3. The van der Waals surface area contributed by atoms with Crippen LogP contribution >= 0.6 is 23.5 Å². The minimum atomic E-state index is -2.58. The van der Waals surface area contributed by atoms with Gasteiger partial charge in [-0.3, -0.25) is 0 Å². The van der Waals surface area contributed by atoms with E-state index in [9.17, 15) is 9.59 Å². The predicted molar refractivity (Wildman–Crippen MR) is 124 cm³/mol. The number of thioether (sulfide) groups is 2. The highest BCUT2D eigenvalue weighted by Crippen LogP contribution is 2.14. The second-order valence-corrected chi connectivity index (χ2v) is 11.6. The number of carbonyl (C=O) groups excluding carboxylic acids is 2. The van der Waals surface area contributed by atoms with Crippen molar-refractivity contribution < 1.29 is 32.3 Å². The monoisotopic (exact) mass is 486 g/mol. The normalized spacial score (nSPS) is 11.2. The van der Waals surface area contributed by atoms with Crippen LogP contribution in [0.4, 0.5) is 9.59 Å². The molecule has 0 aromatic rings. The van der Waals surface area contributed by atoms with Gasteiger partial charge in [-0.15, -0.1) is 0 Å². The van der Waals surface area contributed by atoms with Gasteiger partial charge in [-0.2, -0.15) is 23.5 Å². The Labute approximate surface area is 190 Å². The molecule has 12 heteroatoms. The molecular weight excluding hydrogens is 448 g/mol. The number of hydrogen-bond donors (Lipinski definition) is 2. The van der Waals surface area contributed by atoms with Crippen molar-refractivity contribution in [1.29, 1.82) is 0 Å². The van der Waals surface area contributed by atoms with Gasteiger partial charge in [0, 0.05) is 63.5 Å². The minimum Gasteiger partial charge on any atom is -0.449 e. The molecule has 0 bridgehead atoms. The van der Waals surface area contributed by atoms with E-state index in [1.807, 2.05) is 0 Å². The van der Waals surface area contributed by atoms with Gasteiger partial charge >= 0.3 is 21.0 Å². The van der Waals surface area contributed by atoms with Crippen molar-refractivity contribution in [3.8, 4) is 0 Å². The van der Waals surface area contributed by atoms with Gasteiger partial charge in [0.05, 0.1) is 0 Å². The molecule has 30 heavy (non-hydrogen) atoms. The van der Waals surface area contributed by atoms with Gasteiger partial charge in [0.1, 0.15) is 13.2 Å². The molecule has 0 rings (SSSR count). The molecule has 178 valence electrons. The highest BCUT2D eigenvalue weighted by atomic mass is 32.2. The molecule has 0 aliphatic carbocycles. The molecule has 0 aromatic heterocycles. The van der Waals surface area contributed by atoms with Crippen molar-refractivity contribution in [1.82, 2.24) is 10.6 Å². The summed E-state index contributed by atoms with van der Waals surface area (Å²) in [4.78, 5) is 23.0. The van der Waals surface area contributed by atoms with E-state index in [4.69, 9.17) is 22.8 Å². The topological polar surface area (TPSA) is 104 Å². The molecule has 2 amide bonds. The first kappa shape index (κ1) is 29.3. The molecular formula is C18H38N2O7S2Si. The molecule has 2 N–H and O–H groups in total. The third-order valence-corrected chi connectivity index (χ3v) is 8.94. The summed E-state index contributed by atoms with van der Waals surface area (Å²) in [5, 5.41) is 5.42. The summed E-state index contributed by atoms with van der Waals surface area (Å²) in [6, 6.07) is 0.624. The Kier molecular flexibility index (Phi) is 19.8. The van der Waals surface area contributed by atoms with Crippen LogP contribution in [0.2, 0.25) is 6.04 Å². The smallest absolute Gasteiger partial charge is 0.449 e. The SMILES string of the molecule is CCCCNC(=O)OCCSCCSCCOC(=O)NCCC[Si](OC)(OC)OC. The van der Waals surface area contributed by atoms with Crippen molar-refractivity contribution in [3.63, 3.8) is 0 Å².